The first-order valence-corrected chi connectivity index (χ1v) is 14.2. The zero-order chi connectivity index (χ0) is 29.0. The van der Waals surface area contributed by atoms with E-state index in [0.717, 1.165) is 45.9 Å². The highest BCUT2D eigenvalue weighted by molar-refractivity contribution is 7.87. The Morgan fingerprint density at radius 3 is 1.76 bits per heavy atom. The predicted octanol–water partition coefficient (Wildman–Crippen LogP) is 5.85. The number of methoxy groups -OCH3 is 1. The molecule has 0 saturated carbocycles. The zero-order valence-corrected chi connectivity index (χ0v) is 22.6. The van der Waals surface area contributed by atoms with Crippen LogP contribution in [0.25, 0.3) is 5.69 Å². The van der Waals surface area contributed by atoms with Crippen molar-refractivity contribution in [2.75, 3.05) is 7.11 Å². The summed E-state index contributed by atoms with van der Waals surface area (Å²) in [6, 6.07) is 33.8. The van der Waals surface area contributed by atoms with Crippen LogP contribution >= 0.6 is 7.05 Å². The molecule has 0 N–H and O–H groups in total. The van der Waals surface area contributed by atoms with Crippen molar-refractivity contribution in [1.82, 2.24) is 9.78 Å². The number of halogens is 3. The standard InChI is InChI=1S/C31H23F3N3O3P/c1-40-30(39)29-27(21-28(38)37(35-29)23-13-11-12-22(20-23)31(32,33)34)36-41(24-14-5-2-6-15-24,25-16-7-3-8-17-25)26-18-9-4-10-19-26/h2-21H,1H3. The Morgan fingerprint density at radius 1 is 0.780 bits per heavy atom. The first kappa shape index (κ1) is 27.8. The second-order valence-corrected chi connectivity index (χ2v) is 11.9. The van der Waals surface area contributed by atoms with Crippen LogP contribution in [0.2, 0.25) is 0 Å². The molecule has 0 saturated heterocycles. The lowest BCUT2D eigenvalue weighted by atomic mass is 10.2. The second-order valence-electron chi connectivity index (χ2n) is 8.91. The maximum absolute atomic E-state index is 13.4. The number of carbonyl (C=O) groups excluding carboxylic acids is 1. The van der Waals surface area contributed by atoms with Crippen LogP contribution < -0.4 is 21.5 Å². The van der Waals surface area contributed by atoms with Crippen molar-refractivity contribution in [1.29, 1.82) is 0 Å². The number of carbonyl (C=O) groups is 1. The van der Waals surface area contributed by atoms with Gasteiger partial charge in [0, 0.05) is 22.0 Å². The van der Waals surface area contributed by atoms with Crippen LogP contribution in [0.1, 0.15) is 16.1 Å². The topological polar surface area (TPSA) is 73.5 Å². The monoisotopic (exact) mass is 573 g/mol. The summed E-state index contributed by atoms with van der Waals surface area (Å²) >= 11 is 0. The van der Waals surface area contributed by atoms with Crippen molar-refractivity contribution in [3.63, 3.8) is 0 Å². The van der Waals surface area contributed by atoms with E-state index in [9.17, 15) is 22.8 Å². The Hall–Kier alpha value is -4.75. The van der Waals surface area contributed by atoms with E-state index in [4.69, 9.17) is 9.48 Å². The lowest BCUT2D eigenvalue weighted by Gasteiger charge is -2.27. The molecule has 4 aromatic carbocycles. The van der Waals surface area contributed by atoms with E-state index in [1.54, 1.807) is 0 Å². The normalized spacial score (nSPS) is 11.6. The minimum atomic E-state index is -4.63. The smallest absolute Gasteiger partial charge is 0.416 e. The number of benzene rings is 4. The van der Waals surface area contributed by atoms with E-state index in [0.29, 0.717) is 0 Å². The first-order valence-electron chi connectivity index (χ1n) is 12.4. The largest absolute Gasteiger partial charge is 0.464 e. The second kappa shape index (κ2) is 11.4. The molecule has 1 aromatic heterocycles. The highest BCUT2D eigenvalue weighted by Gasteiger charge is 2.32. The summed E-state index contributed by atoms with van der Waals surface area (Å²) < 4.78 is 51.1. The summed E-state index contributed by atoms with van der Waals surface area (Å²) in [6.07, 6.45) is -4.63. The van der Waals surface area contributed by atoms with Gasteiger partial charge in [0.1, 0.15) is 5.69 Å². The quantitative estimate of drug-likeness (QED) is 0.189. The SMILES string of the molecule is COC(=O)c1nn(-c2cccc(C(F)(F)F)c2)c(=O)cc1N=P(c1ccccc1)(c1ccccc1)c1ccccc1. The molecule has 1 heterocycles. The van der Waals surface area contributed by atoms with Crippen molar-refractivity contribution >= 4 is 34.6 Å². The van der Waals surface area contributed by atoms with Crippen LogP contribution in [-0.4, -0.2) is 22.9 Å². The molecule has 0 atom stereocenters. The maximum Gasteiger partial charge on any atom is 0.416 e. The Balaban J connectivity index is 1.87. The van der Waals surface area contributed by atoms with Gasteiger partial charge in [-0.05, 0) is 18.2 Å². The molecule has 0 unspecified atom stereocenters. The summed E-state index contributed by atoms with van der Waals surface area (Å²) in [5, 5.41) is 6.76. The Kier molecular flexibility index (Phi) is 7.72. The van der Waals surface area contributed by atoms with Gasteiger partial charge in [0.25, 0.3) is 5.56 Å². The van der Waals surface area contributed by atoms with Gasteiger partial charge >= 0.3 is 12.1 Å². The van der Waals surface area contributed by atoms with Crippen molar-refractivity contribution in [3.8, 4) is 5.69 Å². The van der Waals surface area contributed by atoms with Crippen LogP contribution in [0.3, 0.4) is 0 Å². The highest BCUT2D eigenvalue weighted by Crippen LogP contribution is 2.49. The summed E-state index contributed by atoms with van der Waals surface area (Å²) in [5.74, 6) is -0.892. The van der Waals surface area contributed by atoms with E-state index < -0.39 is 30.3 Å². The van der Waals surface area contributed by atoms with Crippen molar-refractivity contribution < 1.29 is 22.7 Å². The predicted molar refractivity (Wildman–Crippen MR) is 153 cm³/mol. The number of hydrogen-bond donors (Lipinski definition) is 0. The van der Waals surface area contributed by atoms with Gasteiger partial charge in [0.2, 0.25) is 0 Å². The Bertz CT molecular complexity index is 1700. The number of alkyl halides is 3. The van der Waals surface area contributed by atoms with E-state index in [-0.39, 0.29) is 17.1 Å². The zero-order valence-electron chi connectivity index (χ0n) is 21.7. The van der Waals surface area contributed by atoms with E-state index >= 15 is 0 Å². The average molecular weight is 574 g/mol. The van der Waals surface area contributed by atoms with Crippen molar-refractivity contribution in [2.45, 2.75) is 6.18 Å². The molecular weight excluding hydrogens is 550 g/mol. The molecule has 5 rings (SSSR count). The molecule has 0 amide bonds. The molecule has 5 aromatic rings. The molecule has 0 spiro atoms. The number of rotatable bonds is 6. The molecule has 6 nitrogen and oxygen atoms in total. The lowest BCUT2D eigenvalue weighted by Crippen LogP contribution is -2.26. The Labute approximate surface area is 233 Å². The minimum Gasteiger partial charge on any atom is -0.464 e. The van der Waals surface area contributed by atoms with Gasteiger partial charge in [0.05, 0.1) is 25.4 Å². The van der Waals surface area contributed by atoms with Gasteiger partial charge in [-0.25, -0.2) is 4.79 Å². The summed E-state index contributed by atoms with van der Waals surface area (Å²) in [7, 11) is -1.75. The number of esters is 1. The number of nitrogens with zero attached hydrogens (tertiary/aromatic N) is 3. The minimum absolute atomic E-state index is 0.0324. The third-order valence-corrected chi connectivity index (χ3v) is 10.0. The molecular formula is C31H23F3N3O3P. The Morgan fingerprint density at radius 2 is 1.29 bits per heavy atom. The van der Waals surface area contributed by atoms with Gasteiger partial charge in [-0.3, -0.25) is 9.54 Å². The third-order valence-electron chi connectivity index (χ3n) is 6.36. The molecule has 10 heteroatoms. The van der Waals surface area contributed by atoms with Crippen LogP contribution in [0.5, 0.6) is 0 Å². The van der Waals surface area contributed by atoms with Crippen LogP contribution in [0, 0.1) is 0 Å². The van der Waals surface area contributed by atoms with Gasteiger partial charge in [-0.2, -0.15) is 23.0 Å². The van der Waals surface area contributed by atoms with Crippen LogP contribution in [0.4, 0.5) is 18.9 Å². The van der Waals surface area contributed by atoms with Crippen molar-refractivity contribution in [3.05, 3.63) is 143 Å². The lowest BCUT2D eigenvalue weighted by molar-refractivity contribution is -0.137. The number of hydrogen-bond acceptors (Lipinski definition) is 5. The maximum atomic E-state index is 13.4. The van der Waals surface area contributed by atoms with E-state index in [1.165, 1.54) is 12.1 Å². The fourth-order valence-electron chi connectivity index (χ4n) is 4.48. The fourth-order valence-corrected chi connectivity index (χ4v) is 8.00. The summed E-state index contributed by atoms with van der Waals surface area (Å²) in [4.78, 5) is 26.4. The molecule has 41 heavy (non-hydrogen) atoms. The first-order chi connectivity index (χ1) is 19.7. The third kappa shape index (κ3) is 5.49. The van der Waals surface area contributed by atoms with Crippen LogP contribution in [0.15, 0.2) is 131 Å². The molecule has 0 fully saturated rings. The van der Waals surface area contributed by atoms with E-state index in [2.05, 4.69) is 5.10 Å². The molecule has 0 aliphatic rings. The van der Waals surface area contributed by atoms with Gasteiger partial charge in [0.15, 0.2) is 5.69 Å². The average Bonchev–Trinajstić information content (AvgIpc) is 3.00. The summed E-state index contributed by atoms with van der Waals surface area (Å²) in [6.45, 7) is 0. The molecule has 0 bridgehead atoms. The van der Waals surface area contributed by atoms with Gasteiger partial charge in [-0.15, -0.1) is 0 Å². The van der Waals surface area contributed by atoms with Gasteiger partial charge in [-0.1, -0.05) is 97.1 Å². The van der Waals surface area contributed by atoms with Crippen molar-refractivity contribution in [2.24, 2.45) is 4.74 Å². The van der Waals surface area contributed by atoms with E-state index in [1.807, 2.05) is 91.0 Å². The molecule has 0 aliphatic carbocycles. The highest BCUT2D eigenvalue weighted by atomic mass is 31.2. The number of aromatic nitrogens is 2. The van der Waals surface area contributed by atoms with Gasteiger partial charge < -0.3 is 4.74 Å². The fraction of sp³-hybridized carbons (Fsp3) is 0.0645. The van der Waals surface area contributed by atoms with Crippen LogP contribution in [-0.2, 0) is 10.9 Å². The molecule has 206 valence electrons. The molecule has 0 radical (unpaired) electrons. The summed E-state index contributed by atoms with van der Waals surface area (Å²) in [5.41, 5.74) is -2.22. The number of ether oxygens (including phenoxy) is 1. The molecule has 0 aliphatic heterocycles.